The summed E-state index contributed by atoms with van der Waals surface area (Å²) in [6, 6.07) is 7.01. The fourth-order valence-corrected chi connectivity index (χ4v) is 3.99. The Balaban J connectivity index is 1.92. The molecule has 2 aromatic rings. The molecule has 148 valence electrons. The minimum atomic E-state index is -1.38. The van der Waals surface area contributed by atoms with Crippen LogP contribution in [-0.4, -0.2) is 22.6 Å². The van der Waals surface area contributed by atoms with E-state index in [1.807, 2.05) is 19.1 Å². The van der Waals surface area contributed by atoms with E-state index in [2.05, 4.69) is 33.0 Å². The van der Waals surface area contributed by atoms with Gasteiger partial charge in [0, 0.05) is 16.8 Å². The van der Waals surface area contributed by atoms with Gasteiger partial charge >= 0.3 is 5.97 Å². The number of carboxylic acids is 1. The first-order valence-electron chi connectivity index (χ1n) is 9.08. The first kappa shape index (κ1) is 19.9. The van der Waals surface area contributed by atoms with E-state index in [9.17, 15) is 14.0 Å². The highest BCUT2D eigenvalue weighted by molar-refractivity contribution is 6.05. The highest BCUT2D eigenvalue weighted by Crippen LogP contribution is 2.47. The standard InChI is InChI=1S/C22H24FNO4/c1-12-8-14(10-16-18(12)28-22(4,5)11-21(16,2)3)24-19(25)13-6-7-15(20(26)27)17(23)9-13/h6-10H,11H2,1-5H3,(H,24,25)(H,26,27). The summed E-state index contributed by atoms with van der Waals surface area (Å²) in [6.07, 6.45) is 0.825. The van der Waals surface area contributed by atoms with Crippen molar-refractivity contribution >= 4 is 17.6 Å². The second kappa shape index (κ2) is 6.62. The maximum Gasteiger partial charge on any atom is 0.338 e. The zero-order valence-electron chi connectivity index (χ0n) is 16.6. The molecule has 1 aliphatic heterocycles. The van der Waals surface area contributed by atoms with Gasteiger partial charge in [-0.2, -0.15) is 0 Å². The van der Waals surface area contributed by atoms with Crippen molar-refractivity contribution in [1.82, 2.24) is 0 Å². The number of halogens is 1. The van der Waals surface area contributed by atoms with Crippen molar-refractivity contribution in [1.29, 1.82) is 0 Å². The van der Waals surface area contributed by atoms with Crippen molar-refractivity contribution < 1.29 is 23.8 Å². The molecule has 0 aromatic heterocycles. The lowest BCUT2D eigenvalue weighted by molar-refractivity contribution is 0.0525. The van der Waals surface area contributed by atoms with Crippen LogP contribution in [0, 0.1) is 12.7 Å². The molecule has 1 heterocycles. The van der Waals surface area contributed by atoms with Gasteiger partial charge in [-0.3, -0.25) is 4.79 Å². The fraction of sp³-hybridized carbons (Fsp3) is 0.364. The van der Waals surface area contributed by atoms with E-state index in [0.717, 1.165) is 35.4 Å². The minimum absolute atomic E-state index is 0.0505. The van der Waals surface area contributed by atoms with Crippen LogP contribution < -0.4 is 10.1 Å². The first-order chi connectivity index (χ1) is 12.9. The van der Waals surface area contributed by atoms with E-state index in [1.54, 1.807) is 0 Å². The number of benzene rings is 2. The quantitative estimate of drug-likeness (QED) is 0.786. The van der Waals surface area contributed by atoms with E-state index in [1.165, 1.54) is 6.07 Å². The summed E-state index contributed by atoms with van der Waals surface area (Å²) in [7, 11) is 0. The molecule has 2 N–H and O–H groups in total. The number of aromatic carboxylic acids is 1. The van der Waals surface area contributed by atoms with E-state index in [-0.39, 0.29) is 16.6 Å². The SMILES string of the molecule is Cc1cc(NC(=O)c2ccc(C(=O)O)c(F)c2)cc2c1OC(C)(C)CC2(C)C. The lowest BCUT2D eigenvalue weighted by Gasteiger charge is -2.43. The average molecular weight is 385 g/mol. The van der Waals surface area contributed by atoms with Gasteiger partial charge in [0.15, 0.2) is 0 Å². The summed E-state index contributed by atoms with van der Waals surface area (Å²) in [5.41, 5.74) is 1.65. The van der Waals surface area contributed by atoms with Crippen LogP contribution in [0.4, 0.5) is 10.1 Å². The first-order valence-corrected chi connectivity index (χ1v) is 9.08. The fourth-order valence-electron chi connectivity index (χ4n) is 3.99. The summed E-state index contributed by atoms with van der Waals surface area (Å²) in [4.78, 5) is 23.5. The number of hydrogen-bond acceptors (Lipinski definition) is 3. The highest BCUT2D eigenvalue weighted by atomic mass is 19.1. The third-order valence-corrected chi connectivity index (χ3v) is 4.97. The third kappa shape index (κ3) is 3.72. The van der Waals surface area contributed by atoms with Crippen LogP contribution >= 0.6 is 0 Å². The van der Waals surface area contributed by atoms with Crippen molar-refractivity contribution in [3.05, 3.63) is 58.4 Å². The number of carboxylic acid groups (broad SMARTS) is 1. The van der Waals surface area contributed by atoms with Gasteiger partial charge in [0.2, 0.25) is 0 Å². The number of ether oxygens (including phenoxy) is 1. The molecule has 0 fully saturated rings. The molecule has 0 unspecified atom stereocenters. The van der Waals surface area contributed by atoms with Gasteiger partial charge in [-0.25, -0.2) is 9.18 Å². The molecule has 2 aromatic carbocycles. The van der Waals surface area contributed by atoms with Crippen molar-refractivity contribution in [2.45, 2.75) is 52.1 Å². The number of nitrogens with one attached hydrogen (secondary N) is 1. The normalized spacial score (nSPS) is 16.6. The molecule has 0 bridgehead atoms. The molecule has 6 heteroatoms. The molecular formula is C22H24FNO4. The van der Waals surface area contributed by atoms with E-state index in [4.69, 9.17) is 9.84 Å². The Bertz CT molecular complexity index is 979. The van der Waals surface area contributed by atoms with Gasteiger partial charge in [0.1, 0.15) is 17.2 Å². The van der Waals surface area contributed by atoms with Crippen LogP contribution in [0.25, 0.3) is 0 Å². The van der Waals surface area contributed by atoms with Crippen LogP contribution in [-0.2, 0) is 5.41 Å². The zero-order chi connectivity index (χ0) is 20.9. The predicted octanol–water partition coefficient (Wildman–Crippen LogP) is 4.92. The second-order valence-electron chi connectivity index (χ2n) is 8.55. The number of hydrogen-bond donors (Lipinski definition) is 2. The van der Waals surface area contributed by atoms with Crippen LogP contribution in [0.1, 0.15) is 66.0 Å². The molecule has 0 aliphatic carbocycles. The molecule has 0 saturated heterocycles. The van der Waals surface area contributed by atoms with Crippen LogP contribution in [0.15, 0.2) is 30.3 Å². The van der Waals surface area contributed by atoms with Crippen molar-refractivity contribution in [3.63, 3.8) is 0 Å². The Morgan fingerprint density at radius 1 is 1.14 bits per heavy atom. The van der Waals surface area contributed by atoms with Crippen molar-refractivity contribution in [2.24, 2.45) is 0 Å². The van der Waals surface area contributed by atoms with Crippen molar-refractivity contribution in [3.8, 4) is 5.75 Å². The van der Waals surface area contributed by atoms with Gasteiger partial charge in [0.05, 0.1) is 5.56 Å². The monoisotopic (exact) mass is 385 g/mol. The predicted molar refractivity (Wildman–Crippen MR) is 105 cm³/mol. The Labute approximate surface area is 163 Å². The summed E-state index contributed by atoms with van der Waals surface area (Å²) in [6.45, 7) is 10.3. The molecule has 0 atom stereocenters. The zero-order valence-corrected chi connectivity index (χ0v) is 16.6. The number of aryl methyl sites for hydroxylation is 1. The Kier molecular flexibility index (Phi) is 4.69. The van der Waals surface area contributed by atoms with Gasteiger partial charge < -0.3 is 15.2 Å². The Hall–Kier alpha value is -2.89. The molecular weight excluding hydrogens is 361 g/mol. The molecule has 28 heavy (non-hydrogen) atoms. The van der Waals surface area contributed by atoms with Crippen LogP contribution in [0.2, 0.25) is 0 Å². The summed E-state index contributed by atoms with van der Waals surface area (Å²) >= 11 is 0. The molecule has 1 amide bonds. The number of anilines is 1. The summed E-state index contributed by atoms with van der Waals surface area (Å²) in [5, 5.41) is 11.7. The molecule has 1 aliphatic rings. The van der Waals surface area contributed by atoms with Gasteiger partial charge in [-0.1, -0.05) is 13.8 Å². The molecule has 3 rings (SSSR count). The maximum absolute atomic E-state index is 13.9. The largest absolute Gasteiger partial charge is 0.487 e. The molecule has 0 radical (unpaired) electrons. The Morgan fingerprint density at radius 2 is 1.82 bits per heavy atom. The van der Waals surface area contributed by atoms with Crippen molar-refractivity contribution in [2.75, 3.05) is 5.32 Å². The molecule has 5 nitrogen and oxygen atoms in total. The molecule has 0 spiro atoms. The third-order valence-electron chi connectivity index (χ3n) is 4.97. The van der Waals surface area contributed by atoms with E-state index >= 15 is 0 Å². The Morgan fingerprint density at radius 3 is 2.43 bits per heavy atom. The maximum atomic E-state index is 13.9. The minimum Gasteiger partial charge on any atom is -0.487 e. The number of amides is 1. The average Bonchev–Trinajstić information content (AvgIpc) is 2.54. The second-order valence-corrected chi connectivity index (χ2v) is 8.55. The lowest BCUT2D eigenvalue weighted by atomic mass is 9.73. The van der Waals surface area contributed by atoms with Gasteiger partial charge in [0.25, 0.3) is 5.91 Å². The number of rotatable bonds is 3. The lowest BCUT2D eigenvalue weighted by Crippen LogP contribution is -2.41. The summed E-state index contributed by atoms with van der Waals surface area (Å²) < 4.78 is 20.0. The number of fused-ring (bicyclic) bond motifs is 1. The van der Waals surface area contributed by atoms with Crippen LogP contribution in [0.5, 0.6) is 5.75 Å². The summed E-state index contributed by atoms with van der Waals surface area (Å²) in [5.74, 6) is -2.00. The smallest absolute Gasteiger partial charge is 0.338 e. The van der Waals surface area contributed by atoms with E-state index in [0.29, 0.717) is 5.69 Å². The number of carbonyl (C=O) groups is 2. The van der Waals surface area contributed by atoms with Crippen LogP contribution in [0.3, 0.4) is 0 Å². The van der Waals surface area contributed by atoms with Gasteiger partial charge in [-0.05, 0) is 68.5 Å². The van der Waals surface area contributed by atoms with E-state index < -0.39 is 23.3 Å². The van der Waals surface area contributed by atoms with Gasteiger partial charge in [-0.15, -0.1) is 0 Å². The highest BCUT2D eigenvalue weighted by Gasteiger charge is 2.39. The number of carbonyl (C=O) groups excluding carboxylic acids is 1. The molecule has 0 saturated carbocycles. The topological polar surface area (TPSA) is 75.6 Å².